The van der Waals surface area contributed by atoms with E-state index in [1.807, 2.05) is 6.92 Å². The first-order chi connectivity index (χ1) is 8.97. The van der Waals surface area contributed by atoms with E-state index < -0.39 is 10.0 Å². The number of benzene rings is 1. The van der Waals surface area contributed by atoms with E-state index in [4.69, 9.17) is 4.74 Å². The molecule has 0 aliphatic rings. The zero-order chi connectivity index (χ0) is 14.3. The van der Waals surface area contributed by atoms with Crippen molar-refractivity contribution in [3.05, 3.63) is 27.1 Å². The average molecular weight is 415 g/mol. The highest BCUT2D eigenvalue weighted by Gasteiger charge is 2.17. The number of rotatable bonds is 8. The van der Waals surface area contributed by atoms with Gasteiger partial charge in [0.2, 0.25) is 10.0 Å². The van der Waals surface area contributed by atoms with Crippen LogP contribution in [-0.2, 0) is 14.8 Å². The minimum Gasteiger partial charge on any atom is -0.381 e. The second-order valence-corrected chi connectivity index (χ2v) is 7.44. The minimum atomic E-state index is -3.49. The highest BCUT2D eigenvalue weighted by atomic mass is 79.9. The van der Waals surface area contributed by atoms with Gasteiger partial charge in [-0.15, -0.1) is 0 Å². The van der Waals surface area contributed by atoms with Crippen LogP contribution < -0.4 is 4.72 Å². The summed E-state index contributed by atoms with van der Waals surface area (Å²) in [4.78, 5) is 0.233. The second kappa shape index (κ2) is 8.36. The molecule has 1 rings (SSSR count). The van der Waals surface area contributed by atoms with Crippen LogP contribution >= 0.6 is 31.9 Å². The molecule has 0 atom stereocenters. The summed E-state index contributed by atoms with van der Waals surface area (Å²) in [6.07, 6.45) is 1.63. The van der Waals surface area contributed by atoms with E-state index in [9.17, 15) is 8.42 Å². The molecule has 0 bridgehead atoms. The Kier molecular flexibility index (Phi) is 7.53. The number of hydrogen-bond donors (Lipinski definition) is 1. The predicted octanol–water partition coefficient (Wildman–Crippen LogP) is 3.31. The largest absolute Gasteiger partial charge is 0.381 e. The molecule has 0 saturated carbocycles. The minimum absolute atomic E-state index is 0.233. The normalized spacial score (nSPS) is 11.7. The van der Waals surface area contributed by atoms with Gasteiger partial charge in [-0.2, -0.15) is 0 Å². The van der Waals surface area contributed by atoms with Gasteiger partial charge in [0, 0.05) is 28.7 Å². The van der Waals surface area contributed by atoms with E-state index in [0.29, 0.717) is 30.7 Å². The molecular weight excluding hydrogens is 398 g/mol. The third-order valence-corrected chi connectivity index (χ3v) is 5.24. The van der Waals surface area contributed by atoms with Crippen molar-refractivity contribution in [2.45, 2.75) is 24.7 Å². The Balaban J connectivity index is 2.54. The lowest BCUT2D eigenvalue weighted by Gasteiger charge is -2.09. The number of ether oxygens (including phenoxy) is 1. The van der Waals surface area contributed by atoms with E-state index in [-0.39, 0.29) is 4.90 Å². The van der Waals surface area contributed by atoms with Gasteiger partial charge in [-0.05, 0) is 47.0 Å². The molecule has 7 heteroatoms. The summed E-state index contributed by atoms with van der Waals surface area (Å²) >= 11 is 6.51. The van der Waals surface area contributed by atoms with Crippen LogP contribution in [0.2, 0.25) is 0 Å². The molecule has 0 aliphatic heterocycles. The fourth-order valence-corrected chi connectivity index (χ4v) is 3.96. The topological polar surface area (TPSA) is 55.4 Å². The van der Waals surface area contributed by atoms with Crippen molar-refractivity contribution in [2.24, 2.45) is 0 Å². The Morgan fingerprint density at radius 3 is 2.68 bits per heavy atom. The Morgan fingerprint density at radius 2 is 2.00 bits per heavy atom. The van der Waals surface area contributed by atoms with Crippen LogP contribution in [0.3, 0.4) is 0 Å². The fourth-order valence-electron chi connectivity index (χ4n) is 1.39. The van der Waals surface area contributed by atoms with Crippen LogP contribution in [-0.4, -0.2) is 28.2 Å². The van der Waals surface area contributed by atoms with Crippen molar-refractivity contribution < 1.29 is 13.2 Å². The van der Waals surface area contributed by atoms with Crippen molar-refractivity contribution in [1.29, 1.82) is 0 Å². The molecule has 0 fully saturated rings. The first-order valence-corrected chi connectivity index (χ1v) is 9.06. The van der Waals surface area contributed by atoms with Crippen LogP contribution in [0.25, 0.3) is 0 Å². The van der Waals surface area contributed by atoms with Gasteiger partial charge in [0.15, 0.2) is 0 Å². The first kappa shape index (κ1) is 17.1. The van der Waals surface area contributed by atoms with E-state index in [1.165, 1.54) is 0 Å². The molecule has 19 heavy (non-hydrogen) atoms. The summed E-state index contributed by atoms with van der Waals surface area (Å²) in [6.45, 7) is 3.68. The number of halogens is 2. The third-order valence-electron chi connectivity index (χ3n) is 2.29. The summed E-state index contributed by atoms with van der Waals surface area (Å²) in [5, 5.41) is 0. The number of hydrogen-bond acceptors (Lipinski definition) is 3. The standard InChI is InChI=1S/C12H17Br2NO3S/c1-2-7-18-8-3-6-15-19(16,17)12-9-10(13)4-5-11(12)14/h4-5,9,15H,2-3,6-8H2,1H3. The van der Waals surface area contributed by atoms with Crippen LogP contribution in [0.15, 0.2) is 32.0 Å². The SMILES string of the molecule is CCCOCCCNS(=O)(=O)c1cc(Br)ccc1Br. The molecule has 1 N–H and O–H groups in total. The molecule has 0 aliphatic carbocycles. The smallest absolute Gasteiger partial charge is 0.241 e. The lowest BCUT2D eigenvalue weighted by molar-refractivity contribution is 0.133. The van der Waals surface area contributed by atoms with Crippen molar-refractivity contribution >= 4 is 41.9 Å². The van der Waals surface area contributed by atoms with Crippen molar-refractivity contribution in [3.63, 3.8) is 0 Å². The summed E-state index contributed by atoms with van der Waals surface area (Å²) in [5.41, 5.74) is 0. The molecule has 0 amide bonds. The van der Waals surface area contributed by atoms with Gasteiger partial charge in [-0.3, -0.25) is 0 Å². The quantitative estimate of drug-likeness (QED) is 0.664. The number of sulfonamides is 1. The highest BCUT2D eigenvalue weighted by molar-refractivity contribution is 9.11. The molecule has 1 aromatic rings. The Hall–Kier alpha value is 0.0500. The van der Waals surface area contributed by atoms with Crippen LogP contribution in [0, 0.1) is 0 Å². The molecule has 0 unspecified atom stereocenters. The number of nitrogens with one attached hydrogen (secondary N) is 1. The molecule has 0 spiro atoms. The van der Waals surface area contributed by atoms with Crippen LogP contribution in [0.5, 0.6) is 0 Å². The average Bonchev–Trinajstić information content (AvgIpc) is 2.36. The van der Waals surface area contributed by atoms with Gasteiger partial charge in [0.25, 0.3) is 0 Å². The molecule has 0 heterocycles. The molecule has 4 nitrogen and oxygen atoms in total. The van der Waals surface area contributed by atoms with Gasteiger partial charge in [-0.25, -0.2) is 13.1 Å². The molecule has 0 saturated heterocycles. The fraction of sp³-hybridized carbons (Fsp3) is 0.500. The van der Waals surface area contributed by atoms with E-state index in [2.05, 4.69) is 36.6 Å². The van der Waals surface area contributed by atoms with Crippen molar-refractivity contribution in [2.75, 3.05) is 19.8 Å². The van der Waals surface area contributed by atoms with Crippen LogP contribution in [0.1, 0.15) is 19.8 Å². The maximum atomic E-state index is 12.1. The van der Waals surface area contributed by atoms with Crippen molar-refractivity contribution in [3.8, 4) is 0 Å². The third kappa shape index (κ3) is 5.91. The maximum Gasteiger partial charge on any atom is 0.241 e. The van der Waals surface area contributed by atoms with Crippen molar-refractivity contribution in [1.82, 2.24) is 4.72 Å². The van der Waals surface area contributed by atoms with E-state index in [0.717, 1.165) is 10.9 Å². The first-order valence-electron chi connectivity index (χ1n) is 6.00. The zero-order valence-electron chi connectivity index (χ0n) is 10.7. The van der Waals surface area contributed by atoms with Gasteiger partial charge in [0.1, 0.15) is 0 Å². The lowest BCUT2D eigenvalue weighted by Crippen LogP contribution is -2.26. The molecule has 0 radical (unpaired) electrons. The summed E-state index contributed by atoms with van der Waals surface area (Å²) in [6, 6.07) is 5.05. The van der Waals surface area contributed by atoms with Gasteiger partial charge in [0.05, 0.1) is 4.90 Å². The molecule has 108 valence electrons. The lowest BCUT2D eigenvalue weighted by atomic mass is 10.4. The van der Waals surface area contributed by atoms with E-state index >= 15 is 0 Å². The maximum absolute atomic E-state index is 12.1. The Labute approximate surface area is 131 Å². The molecular formula is C12H17Br2NO3S. The summed E-state index contributed by atoms with van der Waals surface area (Å²) < 4.78 is 33.3. The Morgan fingerprint density at radius 1 is 1.26 bits per heavy atom. The zero-order valence-corrected chi connectivity index (χ0v) is 14.6. The van der Waals surface area contributed by atoms with Gasteiger partial charge in [-0.1, -0.05) is 22.9 Å². The second-order valence-electron chi connectivity index (χ2n) is 3.94. The monoisotopic (exact) mass is 413 g/mol. The predicted molar refractivity (Wildman–Crippen MR) is 82.8 cm³/mol. The summed E-state index contributed by atoms with van der Waals surface area (Å²) in [7, 11) is -3.49. The van der Waals surface area contributed by atoms with Gasteiger partial charge < -0.3 is 4.74 Å². The molecule has 1 aromatic carbocycles. The van der Waals surface area contributed by atoms with Crippen LogP contribution in [0.4, 0.5) is 0 Å². The highest BCUT2D eigenvalue weighted by Crippen LogP contribution is 2.25. The van der Waals surface area contributed by atoms with E-state index in [1.54, 1.807) is 18.2 Å². The molecule has 0 aromatic heterocycles. The summed E-state index contributed by atoms with van der Waals surface area (Å²) in [5.74, 6) is 0. The Bertz CT molecular complexity index is 506. The van der Waals surface area contributed by atoms with Gasteiger partial charge >= 0.3 is 0 Å².